The predicted molar refractivity (Wildman–Crippen MR) is 90.1 cm³/mol. The van der Waals surface area contributed by atoms with Crippen LogP contribution in [0.1, 0.15) is 17.5 Å². The summed E-state index contributed by atoms with van der Waals surface area (Å²) in [6.45, 7) is 0. The summed E-state index contributed by atoms with van der Waals surface area (Å²) in [6.07, 6.45) is -2.11. The van der Waals surface area contributed by atoms with E-state index in [0.29, 0.717) is 17.7 Å². The number of nitrogens with one attached hydrogen (secondary N) is 1. The van der Waals surface area contributed by atoms with E-state index in [-0.39, 0.29) is 12.3 Å². The second kappa shape index (κ2) is 6.93. The molecule has 3 rings (SSSR count). The molecule has 1 amide bonds. The van der Waals surface area contributed by atoms with E-state index < -0.39 is 11.7 Å². The third kappa shape index (κ3) is 4.35. The SMILES string of the molecule is O=C(CCc1ccc(C(F)(F)F)cc1)Nc1ccc2cccnc2c1. The fraction of sp³-hybridized carbons (Fsp3) is 0.158. The van der Waals surface area contributed by atoms with E-state index in [9.17, 15) is 18.0 Å². The number of anilines is 1. The van der Waals surface area contributed by atoms with Crippen LogP contribution in [0.25, 0.3) is 10.9 Å². The smallest absolute Gasteiger partial charge is 0.326 e. The molecule has 0 saturated carbocycles. The second-order valence-electron chi connectivity index (χ2n) is 5.65. The van der Waals surface area contributed by atoms with E-state index in [0.717, 1.165) is 23.0 Å². The van der Waals surface area contributed by atoms with Crippen LogP contribution in [0.2, 0.25) is 0 Å². The molecule has 3 aromatic rings. The molecule has 0 bridgehead atoms. The first-order valence-electron chi connectivity index (χ1n) is 7.72. The van der Waals surface area contributed by atoms with Crippen LogP contribution < -0.4 is 5.32 Å². The van der Waals surface area contributed by atoms with Crippen LogP contribution in [0.15, 0.2) is 60.8 Å². The zero-order valence-corrected chi connectivity index (χ0v) is 13.2. The van der Waals surface area contributed by atoms with Gasteiger partial charge >= 0.3 is 6.18 Å². The molecule has 0 aliphatic carbocycles. The molecule has 0 spiro atoms. The molecule has 0 aliphatic rings. The third-order valence-electron chi connectivity index (χ3n) is 3.81. The van der Waals surface area contributed by atoms with Crippen LogP contribution in [-0.2, 0) is 17.4 Å². The molecule has 0 radical (unpaired) electrons. The number of benzene rings is 2. The third-order valence-corrected chi connectivity index (χ3v) is 3.81. The van der Waals surface area contributed by atoms with Gasteiger partial charge in [0.1, 0.15) is 0 Å². The van der Waals surface area contributed by atoms with Crippen LogP contribution >= 0.6 is 0 Å². The second-order valence-corrected chi connectivity index (χ2v) is 5.65. The molecular weight excluding hydrogens is 329 g/mol. The maximum atomic E-state index is 12.5. The van der Waals surface area contributed by atoms with E-state index in [1.165, 1.54) is 12.1 Å². The number of hydrogen-bond acceptors (Lipinski definition) is 2. The van der Waals surface area contributed by atoms with Gasteiger partial charge in [0.15, 0.2) is 0 Å². The number of amides is 1. The van der Waals surface area contributed by atoms with E-state index in [4.69, 9.17) is 0 Å². The predicted octanol–water partition coefficient (Wildman–Crippen LogP) is 4.82. The van der Waals surface area contributed by atoms with Gasteiger partial charge in [0.05, 0.1) is 11.1 Å². The molecule has 6 heteroatoms. The number of hydrogen-bond donors (Lipinski definition) is 1. The van der Waals surface area contributed by atoms with E-state index in [1.54, 1.807) is 18.3 Å². The minimum Gasteiger partial charge on any atom is -0.326 e. The number of nitrogens with zero attached hydrogens (tertiary/aromatic N) is 1. The number of aryl methyl sites for hydroxylation is 1. The van der Waals surface area contributed by atoms with Crippen molar-refractivity contribution in [2.24, 2.45) is 0 Å². The van der Waals surface area contributed by atoms with Gasteiger partial charge in [-0.15, -0.1) is 0 Å². The maximum absolute atomic E-state index is 12.5. The van der Waals surface area contributed by atoms with Gasteiger partial charge < -0.3 is 5.32 Å². The number of carbonyl (C=O) groups is 1. The Morgan fingerprint density at radius 1 is 1.04 bits per heavy atom. The van der Waals surface area contributed by atoms with Crippen LogP contribution in [0.4, 0.5) is 18.9 Å². The summed E-state index contributed by atoms with van der Waals surface area (Å²) in [7, 11) is 0. The van der Waals surface area contributed by atoms with Crippen LogP contribution in [0, 0.1) is 0 Å². The van der Waals surface area contributed by atoms with Crippen molar-refractivity contribution in [1.29, 1.82) is 0 Å². The van der Waals surface area contributed by atoms with Crippen molar-refractivity contribution in [2.75, 3.05) is 5.32 Å². The number of aromatic nitrogens is 1. The lowest BCUT2D eigenvalue weighted by molar-refractivity contribution is -0.137. The summed E-state index contributed by atoms with van der Waals surface area (Å²) in [6, 6.07) is 14.1. The molecule has 1 heterocycles. The number of rotatable bonds is 4. The number of fused-ring (bicyclic) bond motifs is 1. The monoisotopic (exact) mass is 344 g/mol. The molecule has 1 N–H and O–H groups in total. The van der Waals surface area contributed by atoms with Crippen molar-refractivity contribution in [3.8, 4) is 0 Å². The molecule has 3 nitrogen and oxygen atoms in total. The molecule has 0 saturated heterocycles. The highest BCUT2D eigenvalue weighted by molar-refractivity contribution is 5.93. The number of carbonyl (C=O) groups excluding carboxylic acids is 1. The Morgan fingerprint density at radius 3 is 2.52 bits per heavy atom. The molecule has 0 atom stereocenters. The van der Waals surface area contributed by atoms with Gasteiger partial charge in [-0.05, 0) is 42.3 Å². The van der Waals surface area contributed by atoms with E-state index in [1.807, 2.05) is 18.2 Å². The summed E-state index contributed by atoms with van der Waals surface area (Å²) in [5.41, 5.74) is 1.42. The Bertz CT molecular complexity index is 889. The van der Waals surface area contributed by atoms with Gasteiger partial charge in [0.25, 0.3) is 0 Å². The Morgan fingerprint density at radius 2 is 1.80 bits per heavy atom. The number of halogens is 3. The maximum Gasteiger partial charge on any atom is 0.416 e. The van der Waals surface area contributed by atoms with Crippen molar-refractivity contribution in [3.63, 3.8) is 0 Å². The molecule has 0 fully saturated rings. The lowest BCUT2D eigenvalue weighted by atomic mass is 10.1. The van der Waals surface area contributed by atoms with Crippen molar-refractivity contribution in [1.82, 2.24) is 4.98 Å². The Hall–Kier alpha value is -2.89. The topological polar surface area (TPSA) is 42.0 Å². The molecular formula is C19H15F3N2O. The van der Waals surface area contributed by atoms with Crippen molar-refractivity contribution in [3.05, 3.63) is 71.9 Å². The minimum absolute atomic E-state index is 0.186. The first kappa shape index (κ1) is 17.0. The lowest BCUT2D eigenvalue weighted by Crippen LogP contribution is -2.12. The first-order chi connectivity index (χ1) is 11.9. The highest BCUT2D eigenvalue weighted by Crippen LogP contribution is 2.29. The fourth-order valence-corrected chi connectivity index (χ4v) is 2.49. The summed E-state index contributed by atoms with van der Waals surface area (Å²) in [5, 5.41) is 3.76. The molecule has 2 aromatic carbocycles. The molecule has 1 aromatic heterocycles. The Balaban J connectivity index is 1.58. The van der Waals surface area contributed by atoms with Gasteiger partial charge in [-0.3, -0.25) is 9.78 Å². The highest BCUT2D eigenvalue weighted by Gasteiger charge is 2.29. The largest absolute Gasteiger partial charge is 0.416 e. The fourth-order valence-electron chi connectivity index (χ4n) is 2.49. The van der Waals surface area contributed by atoms with Gasteiger partial charge in [-0.2, -0.15) is 13.2 Å². The van der Waals surface area contributed by atoms with Crippen LogP contribution in [0.5, 0.6) is 0 Å². The molecule has 25 heavy (non-hydrogen) atoms. The lowest BCUT2D eigenvalue weighted by Gasteiger charge is -2.08. The summed E-state index contributed by atoms with van der Waals surface area (Å²) in [4.78, 5) is 16.3. The van der Waals surface area contributed by atoms with Crippen molar-refractivity contribution < 1.29 is 18.0 Å². The van der Waals surface area contributed by atoms with E-state index in [2.05, 4.69) is 10.3 Å². The first-order valence-corrected chi connectivity index (χ1v) is 7.72. The average molecular weight is 344 g/mol. The minimum atomic E-state index is -4.35. The van der Waals surface area contributed by atoms with Gasteiger partial charge in [0.2, 0.25) is 5.91 Å². The van der Waals surface area contributed by atoms with Crippen molar-refractivity contribution >= 4 is 22.5 Å². The quantitative estimate of drug-likeness (QED) is 0.737. The van der Waals surface area contributed by atoms with E-state index >= 15 is 0 Å². The average Bonchev–Trinajstić information content (AvgIpc) is 2.59. The number of alkyl halides is 3. The Labute approximate surface area is 142 Å². The zero-order chi connectivity index (χ0) is 17.9. The van der Waals surface area contributed by atoms with Gasteiger partial charge in [-0.1, -0.05) is 24.3 Å². The highest BCUT2D eigenvalue weighted by atomic mass is 19.4. The summed E-state index contributed by atoms with van der Waals surface area (Å²) >= 11 is 0. The summed E-state index contributed by atoms with van der Waals surface area (Å²) in [5.74, 6) is -0.199. The van der Waals surface area contributed by atoms with Crippen LogP contribution in [0.3, 0.4) is 0 Å². The van der Waals surface area contributed by atoms with Gasteiger partial charge in [0, 0.05) is 23.7 Å². The zero-order valence-electron chi connectivity index (χ0n) is 13.2. The van der Waals surface area contributed by atoms with Crippen LogP contribution in [-0.4, -0.2) is 10.9 Å². The standard InChI is InChI=1S/C19H15F3N2O/c20-19(21,22)15-7-3-13(4-8-15)5-10-18(25)24-16-9-6-14-2-1-11-23-17(14)12-16/h1-4,6-9,11-12H,5,10H2,(H,24,25). The number of pyridine rings is 1. The van der Waals surface area contributed by atoms with Crippen molar-refractivity contribution in [2.45, 2.75) is 19.0 Å². The molecule has 128 valence electrons. The Kier molecular flexibility index (Phi) is 4.70. The van der Waals surface area contributed by atoms with Gasteiger partial charge in [-0.25, -0.2) is 0 Å². The summed E-state index contributed by atoms with van der Waals surface area (Å²) < 4.78 is 37.6. The molecule has 0 unspecified atom stereocenters. The molecule has 0 aliphatic heterocycles. The normalized spacial score (nSPS) is 11.5.